The number of halogens is 1. The van der Waals surface area contributed by atoms with Crippen LogP contribution >= 0.6 is 11.6 Å². The van der Waals surface area contributed by atoms with Crippen LogP contribution in [0.5, 0.6) is 0 Å². The van der Waals surface area contributed by atoms with Crippen molar-refractivity contribution in [3.63, 3.8) is 0 Å². The minimum Gasteiger partial charge on any atom is -0.390 e. The molecule has 8 nitrogen and oxygen atoms in total. The highest BCUT2D eigenvalue weighted by Crippen LogP contribution is 2.47. The molecule has 1 saturated carbocycles. The van der Waals surface area contributed by atoms with E-state index < -0.39 is 17.7 Å². The van der Waals surface area contributed by atoms with Gasteiger partial charge in [-0.1, -0.05) is 12.8 Å². The second kappa shape index (κ2) is 11.3. The van der Waals surface area contributed by atoms with Gasteiger partial charge in [-0.3, -0.25) is 9.69 Å². The molecule has 5 atom stereocenters. The standard InChI is InChI=1S/C25H47ClN6O2/c1-24(34)9-12-32(13-10-24)20-5-11-29-16-19(20)31-23(33)21(22(27)28)18-14-25(6-2-3-7-25)8-4-17(26)15-30-18/h17-22,29-30,34H,2-16,27-28H2,1H3,(H,31,33). The quantitative estimate of drug-likeness (QED) is 0.245. The zero-order chi connectivity index (χ0) is 24.3. The van der Waals surface area contributed by atoms with Crippen molar-refractivity contribution in [2.45, 2.75) is 106 Å². The molecule has 196 valence electrons. The van der Waals surface area contributed by atoms with Gasteiger partial charge in [-0.15, -0.1) is 11.6 Å². The summed E-state index contributed by atoms with van der Waals surface area (Å²) >= 11 is 6.61. The maximum absolute atomic E-state index is 13.7. The first-order valence-electron chi connectivity index (χ1n) is 13.5. The summed E-state index contributed by atoms with van der Waals surface area (Å²) in [5.74, 6) is -0.542. The average Bonchev–Trinajstić information content (AvgIpc) is 3.24. The smallest absolute Gasteiger partial charge is 0.227 e. The van der Waals surface area contributed by atoms with Gasteiger partial charge < -0.3 is 32.5 Å². The predicted molar refractivity (Wildman–Crippen MR) is 136 cm³/mol. The number of nitrogens with one attached hydrogen (secondary N) is 3. The minimum atomic E-state index is -0.732. The number of rotatable bonds is 5. The van der Waals surface area contributed by atoms with Crippen molar-refractivity contribution >= 4 is 17.5 Å². The Morgan fingerprint density at radius 3 is 2.50 bits per heavy atom. The third kappa shape index (κ3) is 6.44. The lowest BCUT2D eigenvalue weighted by atomic mass is 9.72. The van der Waals surface area contributed by atoms with Crippen molar-refractivity contribution in [3.05, 3.63) is 0 Å². The Bertz CT molecular complexity index is 676. The fraction of sp³-hybridized carbons (Fsp3) is 0.960. The Balaban J connectivity index is 1.46. The molecule has 3 aliphatic heterocycles. The van der Waals surface area contributed by atoms with E-state index >= 15 is 0 Å². The first kappa shape index (κ1) is 26.6. The number of piperidine rings is 2. The van der Waals surface area contributed by atoms with Crippen molar-refractivity contribution in [3.8, 4) is 0 Å². The SMILES string of the molecule is CC1(O)CCN(C2CCNCC2NC(=O)C(C(N)N)C2CC3(CCCC3)CCC(Cl)CN2)CC1. The van der Waals surface area contributed by atoms with Gasteiger partial charge in [-0.25, -0.2) is 0 Å². The second-order valence-electron chi connectivity index (χ2n) is 11.9. The summed E-state index contributed by atoms with van der Waals surface area (Å²) in [5, 5.41) is 20.8. The fourth-order valence-corrected chi connectivity index (χ4v) is 7.19. The van der Waals surface area contributed by atoms with Gasteiger partial charge in [0.1, 0.15) is 0 Å². The predicted octanol–water partition coefficient (Wildman–Crippen LogP) is 0.850. The summed E-state index contributed by atoms with van der Waals surface area (Å²) in [6.45, 7) is 5.99. The number of aliphatic hydroxyl groups is 1. The lowest BCUT2D eigenvalue weighted by Crippen LogP contribution is -2.65. The van der Waals surface area contributed by atoms with Crippen LogP contribution in [-0.4, -0.2) is 83.9 Å². The Kier molecular flexibility index (Phi) is 8.82. The summed E-state index contributed by atoms with van der Waals surface area (Å²) in [4.78, 5) is 16.2. The van der Waals surface area contributed by atoms with Crippen molar-refractivity contribution in [1.29, 1.82) is 0 Å². The van der Waals surface area contributed by atoms with Crippen LogP contribution in [0.2, 0.25) is 0 Å². The molecule has 1 amide bonds. The van der Waals surface area contributed by atoms with Gasteiger partial charge in [0, 0.05) is 43.6 Å². The molecule has 1 spiro atoms. The Morgan fingerprint density at radius 1 is 1.12 bits per heavy atom. The van der Waals surface area contributed by atoms with Gasteiger partial charge >= 0.3 is 0 Å². The molecule has 0 bridgehead atoms. The molecular weight excluding hydrogens is 452 g/mol. The Morgan fingerprint density at radius 2 is 1.82 bits per heavy atom. The van der Waals surface area contributed by atoms with Crippen LogP contribution < -0.4 is 27.4 Å². The number of carbonyl (C=O) groups excluding carboxylic acids is 1. The maximum atomic E-state index is 13.7. The first-order valence-corrected chi connectivity index (χ1v) is 14.0. The molecule has 9 heteroatoms. The molecule has 8 N–H and O–H groups in total. The zero-order valence-corrected chi connectivity index (χ0v) is 21.7. The summed E-state index contributed by atoms with van der Waals surface area (Å²) in [6, 6.07) is 0.190. The fourth-order valence-electron chi connectivity index (χ4n) is 6.99. The molecular formula is C25H47ClN6O2. The number of hydrogen-bond donors (Lipinski definition) is 6. The van der Waals surface area contributed by atoms with Crippen LogP contribution in [0.15, 0.2) is 0 Å². The van der Waals surface area contributed by atoms with Crippen molar-refractivity contribution in [2.75, 3.05) is 32.7 Å². The van der Waals surface area contributed by atoms with Crippen molar-refractivity contribution in [2.24, 2.45) is 22.8 Å². The van der Waals surface area contributed by atoms with Gasteiger partial charge in [0.25, 0.3) is 0 Å². The molecule has 3 heterocycles. The second-order valence-corrected chi connectivity index (χ2v) is 12.5. The van der Waals surface area contributed by atoms with E-state index in [2.05, 4.69) is 20.9 Å². The van der Waals surface area contributed by atoms with Gasteiger partial charge in [0.15, 0.2) is 0 Å². The Hall–Kier alpha value is -0.480. The van der Waals surface area contributed by atoms with Crippen molar-refractivity contribution < 1.29 is 9.90 Å². The highest BCUT2D eigenvalue weighted by molar-refractivity contribution is 6.20. The van der Waals surface area contributed by atoms with E-state index in [1.807, 2.05) is 6.92 Å². The van der Waals surface area contributed by atoms with Gasteiger partial charge in [0.05, 0.1) is 23.7 Å². The first-order chi connectivity index (χ1) is 16.2. The molecule has 4 rings (SSSR count). The molecule has 1 aliphatic carbocycles. The highest BCUT2D eigenvalue weighted by atomic mass is 35.5. The van der Waals surface area contributed by atoms with Crippen LogP contribution in [0, 0.1) is 11.3 Å². The largest absolute Gasteiger partial charge is 0.390 e. The molecule has 4 aliphatic rings. The van der Waals surface area contributed by atoms with E-state index in [0.717, 1.165) is 64.7 Å². The van der Waals surface area contributed by atoms with Crippen LogP contribution in [-0.2, 0) is 4.79 Å². The lowest BCUT2D eigenvalue weighted by Gasteiger charge is -2.46. The maximum Gasteiger partial charge on any atom is 0.227 e. The number of carbonyl (C=O) groups is 1. The van der Waals surface area contributed by atoms with Crippen LogP contribution in [0.4, 0.5) is 0 Å². The number of likely N-dealkylation sites (tertiary alicyclic amines) is 1. The molecule has 4 fully saturated rings. The molecule has 0 radical (unpaired) electrons. The molecule has 3 saturated heterocycles. The summed E-state index contributed by atoms with van der Waals surface area (Å²) in [6.07, 6.45) is 9.77. The number of alkyl halides is 1. The number of amides is 1. The minimum absolute atomic E-state index is 0.000297. The zero-order valence-electron chi connectivity index (χ0n) is 20.9. The molecule has 0 aromatic rings. The summed E-state index contributed by atoms with van der Waals surface area (Å²) in [5.41, 5.74) is 12.2. The average molecular weight is 499 g/mol. The van der Waals surface area contributed by atoms with E-state index in [1.54, 1.807) is 0 Å². The Labute approximate surface area is 210 Å². The van der Waals surface area contributed by atoms with Crippen LogP contribution in [0.1, 0.15) is 71.1 Å². The third-order valence-corrected chi connectivity index (χ3v) is 9.55. The van der Waals surface area contributed by atoms with Crippen LogP contribution in [0.25, 0.3) is 0 Å². The molecule has 34 heavy (non-hydrogen) atoms. The number of hydrogen-bond acceptors (Lipinski definition) is 7. The molecule has 5 unspecified atom stereocenters. The van der Waals surface area contributed by atoms with E-state index in [9.17, 15) is 9.90 Å². The van der Waals surface area contributed by atoms with Gasteiger partial charge in [0.2, 0.25) is 5.91 Å². The highest BCUT2D eigenvalue weighted by Gasteiger charge is 2.44. The van der Waals surface area contributed by atoms with Gasteiger partial charge in [-0.2, -0.15) is 0 Å². The van der Waals surface area contributed by atoms with E-state index in [4.69, 9.17) is 23.1 Å². The third-order valence-electron chi connectivity index (χ3n) is 9.17. The monoisotopic (exact) mass is 498 g/mol. The lowest BCUT2D eigenvalue weighted by molar-refractivity contribution is -0.128. The van der Waals surface area contributed by atoms with Gasteiger partial charge in [-0.05, 0) is 70.3 Å². The normalized spacial score (nSPS) is 35.6. The topological polar surface area (TPSA) is 129 Å². The summed E-state index contributed by atoms with van der Waals surface area (Å²) < 4.78 is 0. The molecule has 0 aromatic carbocycles. The molecule has 0 aromatic heterocycles. The van der Waals surface area contributed by atoms with E-state index in [0.29, 0.717) is 6.54 Å². The number of nitrogens with zero attached hydrogens (tertiary/aromatic N) is 1. The van der Waals surface area contributed by atoms with Crippen LogP contribution in [0.3, 0.4) is 0 Å². The van der Waals surface area contributed by atoms with E-state index in [-0.39, 0.29) is 34.8 Å². The number of nitrogens with two attached hydrogens (primary N) is 2. The van der Waals surface area contributed by atoms with Crippen molar-refractivity contribution in [1.82, 2.24) is 20.9 Å². The summed E-state index contributed by atoms with van der Waals surface area (Å²) in [7, 11) is 0. The van der Waals surface area contributed by atoms with E-state index in [1.165, 1.54) is 25.7 Å².